The molecule has 1 aromatic heterocycles. The number of aromatic nitrogens is 2. The van der Waals surface area contributed by atoms with Crippen LogP contribution in [0.25, 0.3) is 0 Å². The molecule has 0 saturated carbocycles. The number of ether oxygens (including phenoxy) is 1. The summed E-state index contributed by atoms with van der Waals surface area (Å²) in [7, 11) is 5.07. The Morgan fingerprint density at radius 2 is 2.19 bits per heavy atom. The van der Waals surface area contributed by atoms with E-state index in [4.69, 9.17) is 4.74 Å². The molecule has 1 amide bonds. The Balaban J connectivity index is 2.14. The average molecular weight is 288 g/mol. The Hall–Kier alpha value is -2.50. The van der Waals surface area contributed by atoms with Crippen molar-refractivity contribution in [3.63, 3.8) is 0 Å². The van der Waals surface area contributed by atoms with Gasteiger partial charge in [0.1, 0.15) is 17.1 Å². The molecule has 0 radical (unpaired) electrons. The number of amides is 1. The quantitative estimate of drug-likeness (QED) is 0.883. The molecule has 0 atom stereocenters. The maximum Gasteiger partial charge on any atom is 0.258 e. The van der Waals surface area contributed by atoms with Crippen LogP contribution in [0.1, 0.15) is 21.5 Å². The maximum atomic E-state index is 12.0. The van der Waals surface area contributed by atoms with Crippen molar-refractivity contribution in [2.75, 3.05) is 26.5 Å². The summed E-state index contributed by atoms with van der Waals surface area (Å²) in [5.74, 6) is 1.33. The van der Waals surface area contributed by atoms with Gasteiger partial charge in [0.2, 0.25) is 0 Å². The number of aryl methyl sites for hydroxylation is 1. The summed E-state index contributed by atoms with van der Waals surface area (Å²) >= 11 is 0. The van der Waals surface area contributed by atoms with Crippen LogP contribution in [-0.2, 0) is 6.54 Å². The molecular weight excluding hydrogens is 268 g/mol. The minimum atomic E-state index is -0.0953. The zero-order valence-electron chi connectivity index (χ0n) is 12.7. The number of aromatic amines is 1. The van der Waals surface area contributed by atoms with E-state index in [2.05, 4.69) is 15.5 Å². The Morgan fingerprint density at radius 1 is 1.43 bits per heavy atom. The van der Waals surface area contributed by atoms with E-state index in [0.29, 0.717) is 17.9 Å². The summed E-state index contributed by atoms with van der Waals surface area (Å²) in [6.45, 7) is 2.56. The molecule has 0 spiro atoms. The molecule has 0 fully saturated rings. The van der Waals surface area contributed by atoms with Gasteiger partial charge in [-0.25, -0.2) is 0 Å². The Kier molecular flexibility index (Phi) is 4.47. The lowest BCUT2D eigenvalue weighted by Crippen LogP contribution is -2.22. The van der Waals surface area contributed by atoms with Crippen LogP contribution in [0.2, 0.25) is 0 Å². The van der Waals surface area contributed by atoms with Crippen molar-refractivity contribution in [3.8, 4) is 5.75 Å². The number of nitrogens with zero attached hydrogens (tertiary/aromatic N) is 2. The second-order valence-electron chi connectivity index (χ2n) is 5.03. The number of benzene rings is 1. The van der Waals surface area contributed by atoms with E-state index in [1.807, 2.05) is 25.1 Å². The van der Waals surface area contributed by atoms with Gasteiger partial charge in [-0.15, -0.1) is 0 Å². The Bertz CT molecular complexity index is 634. The monoisotopic (exact) mass is 288 g/mol. The van der Waals surface area contributed by atoms with E-state index in [1.165, 1.54) is 11.1 Å². The van der Waals surface area contributed by atoms with Gasteiger partial charge < -0.3 is 15.0 Å². The maximum absolute atomic E-state index is 12.0. The Labute approximate surface area is 124 Å². The van der Waals surface area contributed by atoms with Gasteiger partial charge in [0.05, 0.1) is 13.3 Å². The van der Waals surface area contributed by atoms with E-state index < -0.39 is 0 Å². The number of carbonyl (C=O) groups excluding carboxylic acids is 1. The largest absolute Gasteiger partial charge is 0.496 e. The second kappa shape index (κ2) is 6.30. The summed E-state index contributed by atoms with van der Waals surface area (Å²) in [5.41, 5.74) is 2.67. The molecule has 0 aliphatic rings. The van der Waals surface area contributed by atoms with Crippen molar-refractivity contribution in [2.45, 2.75) is 13.5 Å². The number of H-pyrrole nitrogens is 1. The van der Waals surface area contributed by atoms with Gasteiger partial charge in [-0.05, 0) is 18.6 Å². The fourth-order valence-electron chi connectivity index (χ4n) is 2.01. The number of methoxy groups -OCH3 is 1. The molecule has 21 heavy (non-hydrogen) atoms. The third-order valence-corrected chi connectivity index (χ3v) is 3.17. The van der Waals surface area contributed by atoms with Crippen molar-refractivity contribution in [1.82, 2.24) is 15.1 Å². The highest BCUT2D eigenvalue weighted by atomic mass is 16.5. The molecular formula is C15H20N4O2. The van der Waals surface area contributed by atoms with Gasteiger partial charge in [-0.3, -0.25) is 9.89 Å². The van der Waals surface area contributed by atoms with Gasteiger partial charge in [0.15, 0.2) is 0 Å². The van der Waals surface area contributed by atoms with Gasteiger partial charge >= 0.3 is 0 Å². The molecule has 2 rings (SSSR count). The normalized spacial score (nSPS) is 10.3. The lowest BCUT2D eigenvalue weighted by atomic mass is 10.1. The van der Waals surface area contributed by atoms with E-state index >= 15 is 0 Å². The van der Waals surface area contributed by atoms with Gasteiger partial charge in [0.25, 0.3) is 5.91 Å². The lowest BCUT2D eigenvalue weighted by molar-refractivity contribution is 0.0828. The van der Waals surface area contributed by atoms with Crippen LogP contribution >= 0.6 is 0 Å². The van der Waals surface area contributed by atoms with Crippen LogP contribution in [0.3, 0.4) is 0 Å². The number of rotatable bonds is 5. The first-order valence-corrected chi connectivity index (χ1v) is 6.65. The molecule has 2 aromatic rings. The molecule has 6 heteroatoms. The molecule has 112 valence electrons. The minimum absolute atomic E-state index is 0.0953. The highest BCUT2D eigenvalue weighted by Gasteiger charge is 2.15. The molecule has 0 aliphatic carbocycles. The molecule has 0 saturated heterocycles. The van der Waals surface area contributed by atoms with E-state index in [0.717, 1.165) is 16.9 Å². The number of hydrogen-bond donors (Lipinski definition) is 2. The number of anilines is 1. The van der Waals surface area contributed by atoms with E-state index in [1.54, 1.807) is 21.2 Å². The second-order valence-corrected chi connectivity index (χ2v) is 5.03. The fraction of sp³-hybridized carbons (Fsp3) is 0.333. The molecule has 0 bridgehead atoms. The zero-order chi connectivity index (χ0) is 15.4. The van der Waals surface area contributed by atoms with Crippen molar-refractivity contribution in [3.05, 3.63) is 41.1 Å². The van der Waals surface area contributed by atoms with Crippen molar-refractivity contribution in [1.29, 1.82) is 0 Å². The van der Waals surface area contributed by atoms with Crippen LogP contribution in [0.5, 0.6) is 5.75 Å². The summed E-state index contributed by atoms with van der Waals surface area (Å²) < 4.78 is 5.37. The van der Waals surface area contributed by atoms with Crippen LogP contribution in [-0.4, -0.2) is 42.2 Å². The van der Waals surface area contributed by atoms with Crippen molar-refractivity contribution < 1.29 is 9.53 Å². The SMILES string of the molecule is COc1cc(C)ccc1CNc1[nH]ncc1C(=O)N(C)C. The van der Waals surface area contributed by atoms with E-state index in [9.17, 15) is 4.79 Å². The van der Waals surface area contributed by atoms with Gasteiger partial charge in [0, 0.05) is 26.2 Å². The van der Waals surface area contributed by atoms with Crippen LogP contribution < -0.4 is 10.1 Å². The third-order valence-electron chi connectivity index (χ3n) is 3.17. The fourth-order valence-corrected chi connectivity index (χ4v) is 2.01. The van der Waals surface area contributed by atoms with Crippen LogP contribution in [0.15, 0.2) is 24.4 Å². The minimum Gasteiger partial charge on any atom is -0.496 e. The highest BCUT2D eigenvalue weighted by Crippen LogP contribution is 2.22. The number of carbonyl (C=O) groups is 1. The van der Waals surface area contributed by atoms with Gasteiger partial charge in [-0.1, -0.05) is 12.1 Å². The summed E-state index contributed by atoms with van der Waals surface area (Å²) in [6, 6.07) is 6.01. The van der Waals surface area contributed by atoms with Crippen LogP contribution in [0, 0.1) is 6.92 Å². The van der Waals surface area contributed by atoms with Crippen LogP contribution in [0.4, 0.5) is 5.82 Å². The first-order valence-electron chi connectivity index (χ1n) is 6.65. The molecule has 1 aromatic carbocycles. The average Bonchev–Trinajstić information content (AvgIpc) is 2.93. The predicted octanol–water partition coefficient (Wildman–Crippen LogP) is 2.04. The summed E-state index contributed by atoms with van der Waals surface area (Å²) in [5, 5.41) is 9.93. The number of hydrogen-bond acceptors (Lipinski definition) is 4. The molecule has 0 aliphatic heterocycles. The van der Waals surface area contributed by atoms with Crippen molar-refractivity contribution >= 4 is 11.7 Å². The molecule has 2 N–H and O–H groups in total. The summed E-state index contributed by atoms with van der Waals surface area (Å²) in [6.07, 6.45) is 1.52. The standard InChI is InChI=1S/C15H20N4O2/c1-10-5-6-11(13(7-10)21-4)8-16-14-12(9-17-18-14)15(20)19(2)3/h5-7,9H,8H2,1-4H3,(H2,16,17,18). The zero-order valence-corrected chi connectivity index (χ0v) is 12.7. The van der Waals surface area contributed by atoms with Gasteiger partial charge in [-0.2, -0.15) is 5.10 Å². The molecule has 0 unspecified atom stereocenters. The van der Waals surface area contributed by atoms with E-state index in [-0.39, 0.29) is 5.91 Å². The van der Waals surface area contributed by atoms with Crippen molar-refractivity contribution in [2.24, 2.45) is 0 Å². The molecule has 1 heterocycles. The lowest BCUT2D eigenvalue weighted by Gasteiger charge is -2.13. The molecule has 6 nitrogen and oxygen atoms in total. The summed E-state index contributed by atoms with van der Waals surface area (Å²) in [4.78, 5) is 13.5. The topological polar surface area (TPSA) is 70.2 Å². The predicted molar refractivity (Wildman–Crippen MR) is 81.7 cm³/mol. The Morgan fingerprint density at radius 3 is 2.86 bits per heavy atom. The highest BCUT2D eigenvalue weighted by molar-refractivity contribution is 5.98. The first-order chi connectivity index (χ1) is 10.0. The first kappa shape index (κ1) is 14.9. The smallest absolute Gasteiger partial charge is 0.258 e. The third kappa shape index (κ3) is 3.34. The number of nitrogens with one attached hydrogen (secondary N) is 2.